The van der Waals surface area contributed by atoms with E-state index < -0.39 is 5.79 Å². The average molecular weight is 412 g/mol. The molecule has 2 aromatic carbocycles. The van der Waals surface area contributed by atoms with Crippen LogP contribution in [-0.2, 0) is 20.6 Å². The lowest BCUT2D eigenvalue weighted by Crippen LogP contribution is -2.60. The van der Waals surface area contributed by atoms with Gasteiger partial charge in [-0.2, -0.15) is 0 Å². The summed E-state index contributed by atoms with van der Waals surface area (Å²) < 4.78 is 31.1. The summed E-state index contributed by atoms with van der Waals surface area (Å²) in [5.41, 5.74) is 3.38. The zero-order valence-corrected chi connectivity index (χ0v) is 16.7. The Morgan fingerprint density at radius 3 is 2.70 bits per heavy atom. The number of hydrogen-bond acceptors (Lipinski definition) is 5. The third-order valence-electron chi connectivity index (χ3n) is 6.17. The largest absolute Gasteiger partial charge is 0.379 e. The molecule has 0 radical (unpaired) electrons. The predicted octanol–water partition coefficient (Wildman–Crippen LogP) is 3.36. The van der Waals surface area contributed by atoms with Gasteiger partial charge in [0.2, 0.25) is 0 Å². The summed E-state index contributed by atoms with van der Waals surface area (Å²) in [5, 5.41) is 3.01. The normalized spacial score (nSPS) is 22.7. The standard InChI is InChI=1S/C23H25FN2O4/c24-17-8-6-16(7-9-17)22(27)25-19-4-1-5-20-18(19)3-2-11-26(20)21-15-28-12-10-23(21)29-13-14-30-23/h1,4-9,21H,2-3,10-15H2,(H,25,27). The number of ether oxygens (including phenoxy) is 3. The van der Waals surface area contributed by atoms with E-state index in [2.05, 4.69) is 16.3 Å². The summed E-state index contributed by atoms with van der Waals surface area (Å²) in [7, 11) is 0. The number of anilines is 2. The third-order valence-corrected chi connectivity index (χ3v) is 6.17. The molecule has 1 amide bonds. The quantitative estimate of drug-likeness (QED) is 0.838. The van der Waals surface area contributed by atoms with Crippen molar-refractivity contribution in [2.75, 3.05) is 43.2 Å². The summed E-state index contributed by atoms with van der Waals surface area (Å²) >= 11 is 0. The molecule has 2 saturated heterocycles. The van der Waals surface area contributed by atoms with Gasteiger partial charge in [0.1, 0.15) is 11.9 Å². The van der Waals surface area contributed by atoms with Crippen LogP contribution in [0.3, 0.4) is 0 Å². The van der Waals surface area contributed by atoms with Crippen LogP contribution in [0.1, 0.15) is 28.8 Å². The summed E-state index contributed by atoms with van der Waals surface area (Å²) in [6, 6.07) is 11.5. The SMILES string of the molecule is O=C(Nc1cccc2c1CCCN2C1COCCC12OCCO2)c1ccc(F)cc1. The van der Waals surface area contributed by atoms with Gasteiger partial charge >= 0.3 is 0 Å². The Morgan fingerprint density at radius 2 is 1.90 bits per heavy atom. The second-order valence-corrected chi connectivity index (χ2v) is 7.91. The predicted molar refractivity (Wildman–Crippen MR) is 110 cm³/mol. The fourth-order valence-corrected chi connectivity index (χ4v) is 4.73. The van der Waals surface area contributed by atoms with Crippen molar-refractivity contribution < 1.29 is 23.4 Å². The molecule has 6 nitrogen and oxygen atoms in total. The highest BCUT2D eigenvalue weighted by atomic mass is 19.1. The topological polar surface area (TPSA) is 60.0 Å². The first kappa shape index (κ1) is 19.5. The number of carbonyl (C=O) groups is 1. The zero-order valence-electron chi connectivity index (χ0n) is 16.7. The minimum atomic E-state index is -0.625. The number of carbonyl (C=O) groups excluding carboxylic acids is 1. The highest BCUT2D eigenvalue weighted by molar-refractivity contribution is 6.05. The highest BCUT2D eigenvalue weighted by Gasteiger charge is 2.50. The van der Waals surface area contributed by atoms with Gasteiger partial charge in [-0.25, -0.2) is 4.39 Å². The maximum Gasteiger partial charge on any atom is 0.255 e. The zero-order chi connectivity index (χ0) is 20.6. The minimum absolute atomic E-state index is 0.0316. The fourth-order valence-electron chi connectivity index (χ4n) is 4.73. The average Bonchev–Trinajstić information content (AvgIpc) is 3.23. The van der Waals surface area contributed by atoms with E-state index in [0.29, 0.717) is 38.4 Å². The first-order valence-electron chi connectivity index (χ1n) is 10.5. The van der Waals surface area contributed by atoms with E-state index in [1.807, 2.05) is 12.1 Å². The van der Waals surface area contributed by atoms with Gasteiger partial charge in [0.05, 0.1) is 26.4 Å². The van der Waals surface area contributed by atoms with E-state index in [-0.39, 0.29) is 17.8 Å². The van der Waals surface area contributed by atoms with Crippen LogP contribution in [0.15, 0.2) is 42.5 Å². The van der Waals surface area contributed by atoms with Gasteiger partial charge in [0, 0.05) is 29.9 Å². The molecule has 30 heavy (non-hydrogen) atoms. The van der Waals surface area contributed by atoms with Gasteiger partial charge in [-0.3, -0.25) is 4.79 Å². The van der Waals surface area contributed by atoms with E-state index in [1.165, 1.54) is 24.3 Å². The molecule has 3 aliphatic heterocycles. The molecular weight excluding hydrogens is 387 g/mol. The molecule has 7 heteroatoms. The molecule has 1 spiro atoms. The van der Waals surface area contributed by atoms with Crippen LogP contribution in [0.25, 0.3) is 0 Å². The fraction of sp³-hybridized carbons (Fsp3) is 0.435. The highest BCUT2D eigenvalue weighted by Crippen LogP contribution is 2.40. The number of nitrogens with one attached hydrogen (secondary N) is 1. The Kier molecular flexibility index (Phi) is 5.18. The Morgan fingerprint density at radius 1 is 1.10 bits per heavy atom. The van der Waals surface area contributed by atoms with Crippen molar-refractivity contribution >= 4 is 17.3 Å². The first-order valence-corrected chi connectivity index (χ1v) is 10.5. The molecule has 3 aliphatic rings. The monoisotopic (exact) mass is 412 g/mol. The van der Waals surface area contributed by atoms with E-state index in [1.54, 1.807) is 0 Å². The Balaban J connectivity index is 1.44. The van der Waals surface area contributed by atoms with Crippen LogP contribution in [0.5, 0.6) is 0 Å². The van der Waals surface area contributed by atoms with Crippen molar-refractivity contribution in [1.29, 1.82) is 0 Å². The maximum atomic E-state index is 13.2. The van der Waals surface area contributed by atoms with Gasteiger partial charge in [0.25, 0.3) is 5.91 Å². The van der Waals surface area contributed by atoms with Crippen molar-refractivity contribution in [2.45, 2.75) is 31.1 Å². The third kappa shape index (κ3) is 3.47. The number of hydrogen-bond donors (Lipinski definition) is 1. The second-order valence-electron chi connectivity index (χ2n) is 7.91. The van der Waals surface area contributed by atoms with Crippen LogP contribution in [0.2, 0.25) is 0 Å². The van der Waals surface area contributed by atoms with Gasteiger partial charge in [0.15, 0.2) is 5.79 Å². The maximum absolute atomic E-state index is 13.2. The van der Waals surface area contributed by atoms with E-state index in [0.717, 1.165) is 36.3 Å². The van der Waals surface area contributed by atoms with Crippen LogP contribution >= 0.6 is 0 Å². The van der Waals surface area contributed by atoms with E-state index in [9.17, 15) is 9.18 Å². The summed E-state index contributed by atoms with van der Waals surface area (Å²) in [4.78, 5) is 15.0. The van der Waals surface area contributed by atoms with E-state index in [4.69, 9.17) is 14.2 Å². The summed E-state index contributed by atoms with van der Waals surface area (Å²) in [6.45, 7) is 3.26. The van der Waals surface area contributed by atoms with Crippen molar-refractivity contribution in [3.63, 3.8) is 0 Å². The lowest BCUT2D eigenvalue weighted by Gasteiger charge is -2.47. The number of fused-ring (bicyclic) bond motifs is 1. The molecule has 2 fully saturated rings. The minimum Gasteiger partial charge on any atom is -0.379 e. The van der Waals surface area contributed by atoms with Crippen LogP contribution in [-0.4, -0.2) is 50.7 Å². The Labute approximate surface area is 174 Å². The van der Waals surface area contributed by atoms with Gasteiger partial charge in [-0.05, 0) is 54.8 Å². The molecular formula is C23H25FN2O4. The van der Waals surface area contributed by atoms with Crippen molar-refractivity contribution in [3.05, 3.63) is 59.4 Å². The van der Waals surface area contributed by atoms with E-state index >= 15 is 0 Å². The molecule has 0 bridgehead atoms. The van der Waals surface area contributed by atoms with Gasteiger partial charge in [-0.15, -0.1) is 0 Å². The number of halogens is 1. The summed E-state index contributed by atoms with van der Waals surface area (Å²) in [5.74, 6) is -1.24. The van der Waals surface area contributed by atoms with Crippen molar-refractivity contribution in [3.8, 4) is 0 Å². The smallest absolute Gasteiger partial charge is 0.255 e. The summed E-state index contributed by atoms with van der Waals surface area (Å²) in [6.07, 6.45) is 2.54. The number of nitrogens with zero attached hydrogens (tertiary/aromatic N) is 1. The molecule has 5 rings (SSSR count). The van der Waals surface area contributed by atoms with Crippen LogP contribution in [0.4, 0.5) is 15.8 Å². The number of amides is 1. The van der Waals surface area contributed by atoms with Crippen molar-refractivity contribution in [2.24, 2.45) is 0 Å². The molecule has 1 atom stereocenters. The molecule has 3 heterocycles. The molecule has 1 unspecified atom stereocenters. The first-order chi connectivity index (χ1) is 14.7. The molecule has 2 aromatic rings. The van der Waals surface area contributed by atoms with Crippen LogP contribution < -0.4 is 10.2 Å². The number of rotatable bonds is 3. The lowest BCUT2D eigenvalue weighted by atomic mass is 9.93. The number of benzene rings is 2. The Hall–Kier alpha value is -2.48. The van der Waals surface area contributed by atoms with Crippen LogP contribution in [0, 0.1) is 5.82 Å². The van der Waals surface area contributed by atoms with Crippen molar-refractivity contribution in [1.82, 2.24) is 0 Å². The second kappa shape index (κ2) is 7.98. The van der Waals surface area contributed by atoms with Gasteiger partial charge in [-0.1, -0.05) is 6.07 Å². The lowest BCUT2D eigenvalue weighted by molar-refractivity contribution is -0.215. The molecule has 158 valence electrons. The Bertz CT molecular complexity index is 927. The molecule has 0 aromatic heterocycles. The van der Waals surface area contributed by atoms with Gasteiger partial charge < -0.3 is 24.4 Å². The molecule has 1 N–H and O–H groups in total. The molecule has 0 aliphatic carbocycles. The molecule has 0 saturated carbocycles.